The van der Waals surface area contributed by atoms with Gasteiger partial charge in [0.05, 0.1) is 16.4 Å². The highest BCUT2D eigenvalue weighted by molar-refractivity contribution is 7.90. The van der Waals surface area contributed by atoms with E-state index in [-0.39, 0.29) is 30.2 Å². The summed E-state index contributed by atoms with van der Waals surface area (Å²) in [4.78, 5) is 52.1. The van der Waals surface area contributed by atoms with Crippen LogP contribution in [0.25, 0.3) is 11.1 Å². The van der Waals surface area contributed by atoms with Crippen LogP contribution in [0.15, 0.2) is 102 Å². The smallest absolute Gasteiger partial charge is 0.411 e. The average Bonchev–Trinajstić information content (AvgIpc) is 3.53. The molecule has 0 radical (unpaired) electrons. The van der Waals surface area contributed by atoms with E-state index in [0.717, 1.165) is 23.3 Å². The quantitative estimate of drug-likeness (QED) is 0.128. The molecule has 1 heterocycles. The highest BCUT2D eigenvalue weighted by Gasteiger charge is 2.44. The number of likely N-dealkylation sites (tertiary alicyclic amines) is 1. The summed E-state index contributed by atoms with van der Waals surface area (Å²) in [7, 11) is -4.70. The molecule has 0 saturated carbocycles. The number of amides is 3. The van der Waals surface area contributed by atoms with Crippen LogP contribution < -0.4 is 14.8 Å². The fourth-order valence-corrected chi connectivity index (χ4v) is 6.84. The number of sulfonamides is 1. The van der Waals surface area contributed by atoms with E-state index in [1.54, 1.807) is 32.9 Å². The molecule has 1 aliphatic heterocycles. The summed E-state index contributed by atoms with van der Waals surface area (Å²) < 4.78 is 40.1. The molecule has 1 saturated heterocycles. The zero-order valence-corrected chi connectivity index (χ0v) is 30.5. The summed E-state index contributed by atoms with van der Waals surface area (Å²) in [5.41, 5.74) is 0.824. The number of nitrogens with one attached hydrogen (secondary N) is 2. The molecular weight excluding hydrogens is 728 g/mol. The molecule has 1 aliphatic rings. The number of carbonyl (C=O) groups is 3. The van der Waals surface area contributed by atoms with E-state index in [9.17, 15) is 38.0 Å². The first kappa shape index (κ1) is 38.6. The number of nitro benzene ring substituents is 1. The van der Waals surface area contributed by atoms with Gasteiger partial charge in [-0.05, 0) is 73.9 Å². The number of nitrogens with zero attached hydrogens (tertiary/aromatic N) is 2. The third kappa shape index (κ3) is 10.0. The molecule has 0 bridgehead atoms. The van der Waals surface area contributed by atoms with Gasteiger partial charge < -0.3 is 19.9 Å². The van der Waals surface area contributed by atoms with E-state index in [0.29, 0.717) is 17.4 Å². The first-order chi connectivity index (χ1) is 25.0. The van der Waals surface area contributed by atoms with Crippen LogP contribution in [0.5, 0.6) is 11.5 Å². The van der Waals surface area contributed by atoms with Crippen LogP contribution in [0.1, 0.15) is 32.8 Å². The van der Waals surface area contributed by atoms with Gasteiger partial charge in [0, 0.05) is 18.9 Å². The van der Waals surface area contributed by atoms with Crippen molar-refractivity contribution >= 4 is 45.2 Å². The molecular formula is C37H37ClN4O10S. The first-order valence-corrected chi connectivity index (χ1v) is 18.3. The van der Waals surface area contributed by atoms with Crippen molar-refractivity contribution in [2.24, 2.45) is 0 Å². The van der Waals surface area contributed by atoms with E-state index in [1.807, 2.05) is 47.2 Å². The Balaban J connectivity index is 1.38. The normalized spacial score (nSPS) is 16.3. The lowest BCUT2D eigenvalue weighted by Crippen LogP contribution is -2.55. The Bertz CT molecular complexity index is 2090. The number of hydrogen-bond acceptors (Lipinski definition) is 10. The van der Waals surface area contributed by atoms with Crippen molar-refractivity contribution in [1.29, 1.82) is 0 Å². The fourth-order valence-electron chi connectivity index (χ4n) is 5.61. The molecule has 0 spiro atoms. The molecule has 14 nitrogen and oxygen atoms in total. The van der Waals surface area contributed by atoms with Crippen molar-refractivity contribution < 1.29 is 42.3 Å². The Hall–Kier alpha value is -5.67. The third-order valence-electron chi connectivity index (χ3n) is 8.13. The van der Waals surface area contributed by atoms with Crippen molar-refractivity contribution in [3.8, 4) is 22.6 Å². The van der Waals surface area contributed by atoms with Gasteiger partial charge in [0.25, 0.3) is 21.6 Å². The monoisotopic (exact) mass is 764 g/mol. The van der Waals surface area contributed by atoms with Gasteiger partial charge in [-0.2, -0.15) is 0 Å². The van der Waals surface area contributed by atoms with Crippen LogP contribution in [0, 0.1) is 10.1 Å². The van der Waals surface area contributed by atoms with Gasteiger partial charge in [-0.15, -0.1) is 0 Å². The van der Waals surface area contributed by atoms with Crippen molar-refractivity contribution in [3.63, 3.8) is 0 Å². The van der Waals surface area contributed by atoms with Gasteiger partial charge in [-0.1, -0.05) is 66.2 Å². The third-order valence-corrected chi connectivity index (χ3v) is 9.79. The maximum absolute atomic E-state index is 14.0. The summed E-state index contributed by atoms with van der Waals surface area (Å²) in [6.07, 6.45) is -1.69. The zero-order chi connectivity index (χ0) is 38.5. The van der Waals surface area contributed by atoms with Gasteiger partial charge in [0.2, 0.25) is 5.91 Å². The number of carbonyl (C=O) groups excluding carboxylic acids is 3. The van der Waals surface area contributed by atoms with Crippen LogP contribution in [0.3, 0.4) is 0 Å². The standard InChI is InChI=1S/C37H37ClN4O10S/c1-37(2,3)52-36(46)41-22-28(51-27-15-11-25(12-16-27)24-7-5-4-6-8-24)20-33(41)35(45)39-31(19-23-9-13-26(43)14-10-23)34(44)40-53(49,50)29-17-18-30(38)32(21-29)42(47)48/h4-18,21,28,31,33,43H,19-20,22H2,1-3H3,(H,39,45)(H,40,44)/t28-,31-,33-/m0/s1. The SMILES string of the molecule is CC(C)(C)OC(=O)N1C[C@@H](Oc2ccc(-c3ccccc3)cc2)C[C@H]1C(=O)N[C@@H](Cc1ccc(O)cc1)C(=O)NS(=O)(=O)c1ccc(Cl)c([N+](=O)[O-])c1. The number of hydrogen-bond donors (Lipinski definition) is 3. The molecule has 0 aliphatic carbocycles. The number of benzene rings is 4. The number of phenolic OH excluding ortho intramolecular Hbond substituents is 1. The highest BCUT2D eigenvalue weighted by Crippen LogP contribution is 2.29. The molecule has 53 heavy (non-hydrogen) atoms. The summed E-state index contributed by atoms with van der Waals surface area (Å²) >= 11 is 5.84. The highest BCUT2D eigenvalue weighted by atomic mass is 35.5. The van der Waals surface area contributed by atoms with Gasteiger partial charge >= 0.3 is 6.09 Å². The second-order valence-electron chi connectivity index (χ2n) is 13.3. The average molecular weight is 765 g/mol. The van der Waals surface area contributed by atoms with Crippen molar-refractivity contribution in [1.82, 2.24) is 14.9 Å². The maximum Gasteiger partial charge on any atom is 0.411 e. The van der Waals surface area contributed by atoms with Crippen molar-refractivity contribution in [3.05, 3.63) is 118 Å². The summed E-state index contributed by atoms with van der Waals surface area (Å²) in [5, 5.41) is 23.4. The van der Waals surface area contributed by atoms with E-state index in [2.05, 4.69) is 5.32 Å². The minimum absolute atomic E-state index is 0.00576. The molecule has 1 fully saturated rings. The minimum Gasteiger partial charge on any atom is -0.508 e. The molecule has 3 N–H and O–H groups in total. The molecule has 16 heteroatoms. The number of phenols is 1. The van der Waals surface area contributed by atoms with Crippen LogP contribution in [-0.2, 0) is 30.8 Å². The summed E-state index contributed by atoms with van der Waals surface area (Å²) in [5.74, 6) is -1.53. The predicted octanol–water partition coefficient (Wildman–Crippen LogP) is 5.61. The van der Waals surface area contributed by atoms with Gasteiger partial charge in [0.15, 0.2) is 0 Å². The number of ether oxygens (including phenoxy) is 2. The lowest BCUT2D eigenvalue weighted by molar-refractivity contribution is -0.384. The topological polar surface area (TPSA) is 194 Å². The van der Waals surface area contributed by atoms with Crippen molar-refractivity contribution in [2.75, 3.05) is 6.54 Å². The second kappa shape index (κ2) is 15.9. The molecule has 0 unspecified atom stereocenters. The number of halogens is 1. The van der Waals surface area contributed by atoms with E-state index in [4.69, 9.17) is 21.1 Å². The van der Waals surface area contributed by atoms with Gasteiger partial charge in [-0.3, -0.25) is 24.6 Å². The van der Waals surface area contributed by atoms with Crippen LogP contribution in [0.4, 0.5) is 10.5 Å². The van der Waals surface area contributed by atoms with E-state index in [1.165, 1.54) is 29.2 Å². The molecule has 4 aromatic carbocycles. The zero-order valence-electron chi connectivity index (χ0n) is 28.9. The molecule has 3 atom stereocenters. The van der Waals surface area contributed by atoms with Gasteiger partial charge in [-0.25, -0.2) is 17.9 Å². The number of nitro groups is 1. The Morgan fingerprint density at radius 3 is 2.25 bits per heavy atom. The number of aromatic hydroxyl groups is 1. The van der Waals surface area contributed by atoms with Crippen LogP contribution in [0.2, 0.25) is 5.02 Å². The lowest BCUT2D eigenvalue weighted by atomic mass is 10.0. The molecule has 5 rings (SSSR count). The predicted molar refractivity (Wildman–Crippen MR) is 195 cm³/mol. The first-order valence-electron chi connectivity index (χ1n) is 16.4. The van der Waals surface area contributed by atoms with E-state index < -0.39 is 67.2 Å². The van der Waals surface area contributed by atoms with Crippen molar-refractivity contribution in [2.45, 2.75) is 62.3 Å². The van der Waals surface area contributed by atoms with Crippen LogP contribution >= 0.6 is 11.6 Å². The summed E-state index contributed by atoms with van der Waals surface area (Å²) in [6, 6.07) is 22.7. The van der Waals surface area contributed by atoms with Gasteiger partial charge in [0.1, 0.15) is 40.3 Å². The summed E-state index contributed by atoms with van der Waals surface area (Å²) in [6.45, 7) is 4.98. The largest absolute Gasteiger partial charge is 0.508 e. The minimum atomic E-state index is -4.70. The molecule has 278 valence electrons. The molecule has 3 amide bonds. The number of rotatable bonds is 11. The lowest BCUT2D eigenvalue weighted by Gasteiger charge is -2.28. The Labute approximate surface area is 310 Å². The molecule has 0 aromatic heterocycles. The maximum atomic E-state index is 14.0. The Morgan fingerprint density at radius 1 is 0.981 bits per heavy atom. The Morgan fingerprint density at radius 2 is 1.62 bits per heavy atom. The fraction of sp³-hybridized carbons (Fsp3) is 0.270. The van der Waals surface area contributed by atoms with Crippen LogP contribution in [-0.4, -0.2) is 71.6 Å². The second-order valence-corrected chi connectivity index (χ2v) is 15.4. The van der Waals surface area contributed by atoms with E-state index >= 15 is 0 Å². The Kier molecular flexibility index (Phi) is 11.6. The molecule has 4 aromatic rings.